The zero-order valence-electron chi connectivity index (χ0n) is 15.8. The van der Waals surface area contributed by atoms with Crippen molar-refractivity contribution >= 4 is 21.6 Å². The third kappa shape index (κ3) is 5.35. The number of methoxy groups -OCH3 is 1. The molecule has 1 unspecified atom stereocenters. The standard InChI is InChI=1S/C19H23FN2O5S/c1-13-9-15(7-8-17(13)20)21-18(24)14-5-4-6-16(10-14)28(25,26)22-19(2,11-23)12-27-3/h4-10,22-23H,11-12H2,1-3H3,(H,21,24). The molecule has 0 saturated heterocycles. The molecule has 2 aromatic carbocycles. The smallest absolute Gasteiger partial charge is 0.255 e. The summed E-state index contributed by atoms with van der Waals surface area (Å²) in [6.07, 6.45) is 0. The summed E-state index contributed by atoms with van der Waals surface area (Å²) in [5.41, 5.74) is -0.331. The van der Waals surface area contributed by atoms with Crippen LogP contribution in [0.25, 0.3) is 0 Å². The average Bonchev–Trinajstić information content (AvgIpc) is 2.64. The Bertz CT molecular complexity index is 965. The molecule has 0 saturated carbocycles. The lowest BCUT2D eigenvalue weighted by molar-refractivity contribution is 0.0873. The molecule has 0 aliphatic carbocycles. The van der Waals surface area contributed by atoms with Gasteiger partial charge in [0.25, 0.3) is 5.91 Å². The lowest BCUT2D eigenvalue weighted by atomic mass is 10.1. The third-order valence-corrected chi connectivity index (χ3v) is 5.65. The number of aliphatic hydroxyl groups excluding tert-OH is 1. The van der Waals surface area contributed by atoms with Gasteiger partial charge in [-0.25, -0.2) is 17.5 Å². The second kappa shape index (κ2) is 8.78. The summed E-state index contributed by atoms with van der Waals surface area (Å²) in [6.45, 7) is 2.57. The van der Waals surface area contributed by atoms with Gasteiger partial charge in [-0.3, -0.25) is 4.79 Å². The number of benzene rings is 2. The number of aryl methyl sites for hydroxylation is 1. The van der Waals surface area contributed by atoms with Gasteiger partial charge in [-0.15, -0.1) is 0 Å². The fourth-order valence-corrected chi connectivity index (χ4v) is 3.97. The Morgan fingerprint density at radius 1 is 1.25 bits per heavy atom. The summed E-state index contributed by atoms with van der Waals surface area (Å²) in [6, 6.07) is 9.59. The first kappa shape index (κ1) is 22.0. The molecule has 0 aliphatic heterocycles. The second-order valence-electron chi connectivity index (χ2n) is 6.70. The molecule has 0 heterocycles. The van der Waals surface area contributed by atoms with E-state index in [-0.39, 0.29) is 22.9 Å². The number of carbonyl (C=O) groups is 1. The van der Waals surface area contributed by atoms with Crippen LogP contribution in [0.15, 0.2) is 47.4 Å². The van der Waals surface area contributed by atoms with Gasteiger partial charge in [-0.05, 0) is 55.8 Å². The number of aliphatic hydroxyl groups is 1. The first-order valence-electron chi connectivity index (χ1n) is 8.41. The van der Waals surface area contributed by atoms with Crippen molar-refractivity contribution in [3.63, 3.8) is 0 Å². The Hall–Kier alpha value is -2.33. The minimum absolute atomic E-state index is 0.0349. The molecule has 7 nitrogen and oxygen atoms in total. The highest BCUT2D eigenvalue weighted by Gasteiger charge is 2.30. The van der Waals surface area contributed by atoms with E-state index in [1.54, 1.807) is 6.92 Å². The first-order valence-corrected chi connectivity index (χ1v) is 9.90. The van der Waals surface area contributed by atoms with Crippen molar-refractivity contribution in [1.29, 1.82) is 0 Å². The monoisotopic (exact) mass is 410 g/mol. The van der Waals surface area contributed by atoms with Crippen molar-refractivity contribution in [2.75, 3.05) is 25.6 Å². The van der Waals surface area contributed by atoms with Gasteiger partial charge in [0, 0.05) is 18.4 Å². The molecule has 0 spiro atoms. The molecule has 1 amide bonds. The molecular formula is C19H23FN2O5S. The quantitative estimate of drug-likeness (QED) is 0.618. The first-order chi connectivity index (χ1) is 13.1. The van der Waals surface area contributed by atoms with Gasteiger partial charge in [-0.1, -0.05) is 6.07 Å². The molecule has 1 atom stereocenters. The summed E-state index contributed by atoms with van der Waals surface area (Å²) in [5.74, 6) is -0.926. The minimum Gasteiger partial charge on any atom is -0.394 e. The molecule has 0 bridgehead atoms. The van der Waals surface area contributed by atoms with E-state index < -0.39 is 28.1 Å². The van der Waals surface area contributed by atoms with Crippen LogP contribution in [0.3, 0.4) is 0 Å². The van der Waals surface area contributed by atoms with E-state index in [2.05, 4.69) is 10.0 Å². The number of rotatable bonds is 8. The van der Waals surface area contributed by atoms with E-state index in [0.29, 0.717) is 11.3 Å². The third-order valence-electron chi connectivity index (χ3n) is 4.01. The van der Waals surface area contributed by atoms with Crippen molar-refractivity contribution in [3.8, 4) is 0 Å². The van der Waals surface area contributed by atoms with Crippen LogP contribution in [0.5, 0.6) is 0 Å². The Morgan fingerprint density at radius 3 is 2.57 bits per heavy atom. The van der Waals surface area contributed by atoms with Crippen LogP contribution >= 0.6 is 0 Å². The van der Waals surface area contributed by atoms with E-state index >= 15 is 0 Å². The summed E-state index contributed by atoms with van der Waals surface area (Å²) in [5, 5.41) is 12.1. The van der Waals surface area contributed by atoms with E-state index in [9.17, 15) is 22.7 Å². The lowest BCUT2D eigenvalue weighted by Crippen LogP contribution is -2.52. The van der Waals surface area contributed by atoms with Gasteiger partial charge in [0.2, 0.25) is 10.0 Å². The number of carbonyl (C=O) groups excluding carboxylic acids is 1. The van der Waals surface area contributed by atoms with Crippen molar-refractivity contribution in [3.05, 3.63) is 59.4 Å². The number of hydrogen-bond acceptors (Lipinski definition) is 5. The highest BCUT2D eigenvalue weighted by atomic mass is 32.2. The van der Waals surface area contributed by atoms with E-state index in [4.69, 9.17) is 4.74 Å². The molecule has 0 radical (unpaired) electrons. The fraction of sp³-hybridized carbons (Fsp3) is 0.316. The predicted molar refractivity (Wildman–Crippen MR) is 103 cm³/mol. The molecule has 3 N–H and O–H groups in total. The largest absolute Gasteiger partial charge is 0.394 e. The molecule has 2 rings (SSSR count). The molecule has 0 aliphatic rings. The van der Waals surface area contributed by atoms with E-state index in [1.165, 1.54) is 56.5 Å². The minimum atomic E-state index is -4.01. The van der Waals surface area contributed by atoms with Gasteiger partial charge in [0.1, 0.15) is 5.82 Å². The zero-order valence-corrected chi connectivity index (χ0v) is 16.6. The predicted octanol–water partition coefficient (Wildman–Crippen LogP) is 2.06. The van der Waals surface area contributed by atoms with Crippen LogP contribution in [-0.4, -0.2) is 45.3 Å². The number of sulfonamides is 1. The van der Waals surface area contributed by atoms with Gasteiger partial charge < -0.3 is 15.2 Å². The maximum atomic E-state index is 13.3. The molecule has 0 aromatic heterocycles. The maximum absolute atomic E-state index is 13.3. The van der Waals surface area contributed by atoms with Crippen LogP contribution in [0.2, 0.25) is 0 Å². The maximum Gasteiger partial charge on any atom is 0.255 e. The Kier molecular flexibility index (Phi) is 6.89. The van der Waals surface area contributed by atoms with Crippen LogP contribution in [-0.2, 0) is 14.8 Å². The summed E-state index contributed by atoms with van der Waals surface area (Å²) in [4.78, 5) is 12.3. The molecule has 28 heavy (non-hydrogen) atoms. The number of nitrogens with one attached hydrogen (secondary N) is 2. The number of ether oxygens (including phenoxy) is 1. The van der Waals surface area contributed by atoms with Gasteiger partial charge in [0.15, 0.2) is 0 Å². The van der Waals surface area contributed by atoms with E-state index in [0.717, 1.165) is 0 Å². The van der Waals surface area contributed by atoms with Gasteiger partial charge in [0.05, 0.1) is 23.6 Å². The SMILES string of the molecule is COCC(C)(CO)NS(=O)(=O)c1cccc(C(=O)Nc2ccc(F)c(C)c2)c1. The summed E-state index contributed by atoms with van der Waals surface area (Å²) in [7, 11) is -2.62. The number of halogens is 1. The molecule has 2 aromatic rings. The Balaban J connectivity index is 2.24. The summed E-state index contributed by atoms with van der Waals surface area (Å²) >= 11 is 0. The van der Waals surface area contributed by atoms with Crippen molar-refractivity contribution in [1.82, 2.24) is 4.72 Å². The fourth-order valence-electron chi connectivity index (χ4n) is 2.54. The van der Waals surface area contributed by atoms with Gasteiger partial charge in [-0.2, -0.15) is 0 Å². The normalized spacial score (nSPS) is 13.8. The van der Waals surface area contributed by atoms with Crippen LogP contribution < -0.4 is 10.0 Å². The van der Waals surface area contributed by atoms with Crippen molar-refractivity contribution in [2.45, 2.75) is 24.3 Å². The molecule has 0 fully saturated rings. The van der Waals surface area contributed by atoms with Gasteiger partial charge >= 0.3 is 0 Å². The zero-order chi connectivity index (χ0) is 20.9. The summed E-state index contributed by atoms with van der Waals surface area (Å²) < 4.78 is 46.0. The van der Waals surface area contributed by atoms with Crippen LogP contribution in [0.1, 0.15) is 22.8 Å². The van der Waals surface area contributed by atoms with Crippen molar-refractivity contribution in [2.24, 2.45) is 0 Å². The van der Waals surface area contributed by atoms with E-state index in [1.807, 2.05) is 0 Å². The number of hydrogen-bond donors (Lipinski definition) is 3. The lowest BCUT2D eigenvalue weighted by Gasteiger charge is -2.27. The second-order valence-corrected chi connectivity index (χ2v) is 8.39. The Morgan fingerprint density at radius 2 is 1.96 bits per heavy atom. The number of anilines is 1. The topological polar surface area (TPSA) is 105 Å². The van der Waals surface area contributed by atoms with Crippen LogP contribution in [0.4, 0.5) is 10.1 Å². The molecule has 152 valence electrons. The molecule has 9 heteroatoms. The van der Waals surface area contributed by atoms with Crippen molar-refractivity contribution < 1.29 is 27.4 Å². The molecular weight excluding hydrogens is 387 g/mol. The average molecular weight is 410 g/mol. The van der Waals surface area contributed by atoms with Crippen LogP contribution in [0, 0.1) is 12.7 Å². The number of amides is 1. The highest BCUT2D eigenvalue weighted by Crippen LogP contribution is 2.18. The Labute approximate surface area is 163 Å². The highest BCUT2D eigenvalue weighted by molar-refractivity contribution is 7.89.